The van der Waals surface area contributed by atoms with E-state index < -0.39 is 0 Å². The fraction of sp³-hybridized carbons (Fsp3) is 0. The molecule has 0 heterocycles. The molecule has 0 spiro atoms. The summed E-state index contributed by atoms with van der Waals surface area (Å²) in [6.45, 7) is 0. The molecule has 0 atom stereocenters. The lowest BCUT2D eigenvalue weighted by molar-refractivity contribution is 1.58. The van der Waals surface area contributed by atoms with E-state index in [4.69, 9.17) is 0 Å². The molecule has 0 N–H and O–H groups in total. The van der Waals surface area contributed by atoms with E-state index in [1.165, 1.54) is 77.2 Å². The Morgan fingerprint density at radius 1 is 0.182 bits per heavy atom. The van der Waals surface area contributed by atoms with Gasteiger partial charge in [0.15, 0.2) is 0 Å². The van der Waals surface area contributed by atoms with Crippen LogP contribution in [0, 0.1) is 0 Å². The van der Waals surface area contributed by atoms with Gasteiger partial charge in [0.05, 0.1) is 0 Å². The molecule has 8 aromatic rings. The van der Waals surface area contributed by atoms with E-state index in [2.05, 4.69) is 182 Å². The van der Waals surface area contributed by atoms with Gasteiger partial charge in [0, 0.05) is 0 Å². The maximum Gasteiger partial charge on any atom is -0.00264 e. The van der Waals surface area contributed by atoms with Gasteiger partial charge < -0.3 is 0 Å². The quantitative estimate of drug-likeness (QED) is 0.184. The highest BCUT2D eigenvalue weighted by molar-refractivity contribution is 6.21. The van der Waals surface area contributed by atoms with Gasteiger partial charge in [-0.25, -0.2) is 0 Å². The molecule has 0 unspecified atom stereocenters. The zero-order chi connectivity index (χ0) is 29.3. The molecule has 8 rings (SSSR count). The molecule has 0 aliphatic heterocycles. The second kappa shape index (κ2) is 11.2. The van der Waals surface area contributed by atoms with Crippen molar-refractivity contribution < 1.29 is 0 Å². The van der Waals surface area contributed by atoms with Crippen molar-refractivity contribution in [2.45, 2.75) is 0 Å². The summed E-state index contributed by atoms with van der Waals surface area (Å²) in [6.07, 6.45) is 0. The maximum absolute atomic E-state index is 2.28. The van der Waals surface area contributed by atoms with Crippen LogP contribution in [0.3, 0.4) is 0 Å². The lowest BCUT2D eigenvalue weighted by Crippen LogP contribution is -1.91. The smallest absolute Gasteiger partial charge is 0.00264 e. The normalized spacial score (nSPS) is 11.2. The van der Waals surface area contributed by atoms with Gasteiger partial charge in [-0.3, -0.25) is 0 Å². The van der Waals surface area contributed by atoms with Crippen molar-refractivity contribution in [1.82, 2.24) is 0 Å². The average Bonchev–Trinajstić information content (AvgIpc) is 3.11. The Labute approximate surface area is 258 Å². The monoisotopic (exact) mass is 558 g/mol. The van der Waals surface area contributed by atoms with E-state index in [0.29, 0.717) is 0 Å². The van der Waals surface area contributed by atoms with Crippen LogP contribution in [-0.2, 0) is 0 Å². The van der Waals surface area contributed by atoms with Gasteiger partial charge in [0.2, 0.25) is 0 Å². The van der Waals surface area contributed by atoms with Crippen LogP contribution in [0.25, 0.3) is 77.2 Å². The molecule has 0 fully saturated rings. The predicted molar refractivity (Wildman–Crippen MR) is 189 cm³/mol. The van der Waals surface area contributed by atoms with Gasteiger partial charge in [0.25, 0.3) is 0 Å². The maximum atomic E-state index is 2.28. The molecule has 206 valence electrons. The zero-order valence-corrected chi connectivity index (χ0v) is 24.3. The molecule has 8 aromatic carbocycles. The molecule has 0 saturated heterocycles. The van der Waals surface area contributed by atoms with E-state index >= 15 is 0 Å². The highest BCUT2D eigenvalue weighted by Gasteiger charge is 2.16. The summed E-state index contributed by atoms with van der Waals surface area (Å²) in [5.41, 5.74) is 12.4. The Bertz CT molecular complexity index is 2170. The van der Waals surface area contributed by atoms with E-state index in [1.54, 1.807) is 0 Å². The highest BCUT2D eigenvalue weighted by Crippen LogP contribution is 2.44. The first-order valence-corrected chi connectivity index (χ1v) is 15.2. The van der Waals surface area contributed by atoms with Crippen molar-refractivity contribution in [2.75, 3.05) is 0 Å². The van der Waals surface area contributed by atoms with Crippen LogP contribution < -0.4 is 0 Å². The average molecular weight is 559 g/mol. The Hall–Kier alpha value is -5.72. The number of fused-ring (bicyclic) bond motifs is 2. The summed E-state index contributed by atoms with van der Waals surface area (Å²) < 4.78 is 0. The minimum atomic E-state index is 1.22. The summed E-state index contributed by atoms with van der Waals surface area (Å²) in [7, 11) is 0. The van der Waals surface area contributed by atoms with Gasteiger partial charge in [0.1, 0.15) is 0 Å². The summed E-state index contributed by atoms with van der Waals surface area (Å²) in [5.74, 6) is 0. The van der Waals surface area contributed by atoms with Crippen LogP contribution in [0.2, 0.25) is 0 Å². The Morgan fingerprint density at radius 3 is 0.864 bits per heavy atom. The minimum Gasteiger partial charge on any atom is -0.0622 e. The van der Waals surface area contributed by atoms with Crippen LogP contribution in [0.15, 0.2) is 182 Å². The Morgan fingerprint density at radius 2 is 0.455 bits per heavy atom. The molecule has 0 saturated carbocycles. The third-order valence-corrected chi connectivity index (χ3v) is 8.69. The molecule has 0 heteroatoms. The van der Waals surface area contributed by atoms with Crippen molar-refractivity contribution >= 4 is 21.5 Å². The minimum absolute atomic E-state index is 1.22. The van der Waals surface area contributed by atoms with Crippen molar-refractivity contribution in [3.05, 3.63) is 182 Å². The largest absolute Gasteiger partial charge is 0.0622 e. The second-order valence-electron chi connectivity index (χ2n) is 11.3. The Balaban J connectivity index is 1.25. The summed E-state index contributed by atoms with van der Waals surface area (Å²) in [6, 6.07) is 65.8. The van der Waals surface area contributed by atoms with Crippen molar-refractivity contribution in [3.63, 3.8) is 0 Å². The third kappa shape index (κ3) is 4.68. The predicted octanol–water partition coefficient (Wildman–Crippen LogP) is 12.3. The first-order valence-electron chi connectivity index (χ1n) is 15.2. The molecular formula is C44H30. The molecule has 0 radical (unpaired) electrons. The van der Waals surface area contributed by atoms with Gasteiger partial charge in [-0.15, -0.1) is 0 Å². The molecular weight excluding hydrogens is 528 g/mol. The summed E-state index contributed by atoms with van der Waals surface area (Å²) in [5, 5.41) is 5.08. The molecule has 0 aliphatic rings. The van der Waals surface area contributed by atoms with Crippen LogP contribution in [0.5, 0.6) is 0 Å². The number of hydrogen-bond donors (Lipinski definition) is 0. The van der Waals surface area contributed by atoms with Crippen LogP contribution >= 0.6 is 0 Å². The Kier molecular flexibility index (Phi) is 6.59. The fourth-order valence-electron chi connectivity index (χ4n) is 6.55. The van der Waals surface area contributed by atoms with E-state index in [0.717, 1.165) is 0 Å². The zero-order valence-electron chi connectivity index (χ0n) is 24.3. The topological polar surface area (TPSA) is 0 Å². The third-order valence-electron chi connectivity index (χ3n) is 8.69. The van der Waals surface area contributed by atoms with Crippen LogP contribution in [0.1, 0.15) is 0 Å². The molecule has 0 amide bonds. The van der Waals surface area contributed by atoms with Gasteiger partial charge >= 0.3 is 0 Å². The van der Waals surface area contributed by atoms with E-state index in [9.17, 15) is 0 Å². The lowest BCUT2D eigenvalue weighted by atomic mass is 9.85. The SMILES string of the molecule is c1ccc(-c2ccc(-c3c4ccccc4c(-c4ccc(-c5cccc(-c6ccccc6)c5)cc4)c4ccccc34)cc2)cc1. The van der Waals surface area contributed by atoms with Gasteiger partial charge in [-0.05, 0) is 83.2 Å². The lowest BCUT2D eigenvalue weighted by Gasteiger charge is -2.18. The molecule has 0 nitrogen and oxygen atoms in total. The van der Waals surface area contributed by atoms with E-state index in [-0.39, 0.29) is 0 Å². The molecule has 44 heavy (non-hydrogen) atoms. The molecule has 0 aliphatic carbocycles. The van der Waals surface area contributed by atoms with Gasteiger partial charge in [-0.1, -0.05) is 176 Å². The van der Waals surface area contributed by atoms with Crippen LogP contribution in [-0.4, -0.2) is 0 Å². The number of benzene rings is 8. The van der Waals surface area contributed by atoms with Crippen molar-refractivity contribution in [1.29, 1.82) is 0 Å². The summed E-state index contributed by atoms with van der Waals surface area (Å²) in [4.78, 5) is 0. The number of rotatable bonds is 5. The van der Waals surface area contributed by atoms with Crippen molar-refractivity contribution in [3.8, 4) is 55.6 Å². The summed E-state index contributed by atoms with van der Waals surface area (Å²) >= 11 is 0. The first kappa shape index (κ1) is 25.9. The second-order valence-corrected chi connectivity index (χ2v) is 11.3. The molecule has 0 aromatic heterocycles. The van der Waals surface area contributed by atoms with Crippen LogP contribution in [0.4, 0.5) is 0 Å². The number of hydrogen-bond acceptors (Lipinski definition) is 0. The van der Waals surface area contributed by atoms with E-state index in [1.807, 2.05) is 0 Å². The standard InChI is InChI=1S/C44H30/c1-3-12-31(13-4-1)33-22-26-35(27-23-33)43-39-18-7-9-20-41(39)44(42-21-10-8-19-40(42)43)36-28-24-34(25-29-36)38-17-11-16-37(30-38)32-14-5-2-6-15-32/h1-30H. The molecule has 0 bridgehead atoms. The van der Waals surface area contributed by atoms with Crippen molar-refractivity contribution in [2.24, 2.45) is 0 Å². The highest BCUT2D eigenvalue weighted by atomic mass is 14.2. The first-order chi connectivity index (χ1) is 21.8. The fourth-order valence-corrected chi connectivity index (χ4v) is 6.55. The van der Waals surface area contributed by atoms with Gasteiger partial charge in [-0.2, -0.15) is 0 Å².